The van der Waals surface area contributed by atoms with Crippen LogP contribution in [0.2, 0.25) is 0 Å². The van der Waals surface area contributed by atoms with E-state index in [-0.39, 0.29) is 12.1 Å². The second kappa shape index (κ2) is 9.78. The van der Waals surface area contributed by atoms with Gasteiger partial charge in [-0.2, -0.15) is 61.5 Å². The van der Waals surface area contributed by atoms with Crippen LogP contribution in [0.25, 0.3) is 0 Å². The maximum atomic E-state index is 14.5. The van der Waals surface area contributed by atoms with Gasteiger partial charge in [0.25, 0.3) is 0 Å². The first-order valence-electron chi connectivity index (χ1n) is 9.44. The van der Waals surface area contributed by atoms with Crippen LogP contribution >= 0.6 is 15.9 Å². The third-order valence-corrected chi connectivity index (χ3v) is 5.02. The molecule has 18 heteroatoms. The van der Waals surface area contributed by atoms with Gasteiger partial charge >= 0.3 is 36.0 Å². The Hall–Kier alpha value is -1.88. The fraction of sp³-hybridized carbons (Fsp3) is 0.667. The minimum Gasteiger partial charge on any atom is -0.273 e. The van der Waals surface area contributed by atoms with Crippen LogP contribution in [0.1, 0.15) is 38.8 Å². The summed E-state index contributed by atoms with van der Waals surface area (Å²) in [5.74, 6) is -27.0. The summed E-state index contributed by atoms with van der Waals surface area (Å²) in [6.45, 7) is 5.39. The molecule has 0 radical (unpaired) electrons. The molecule has 1 aromatic rings. The SMILES string of the molecule is CC(C)N(N=Nc1c(C(F)(F)C(F)(F)C(F)(F)F)cc(Br)cc1C(F)(F)C(F)(F)C(F)(F)F)C(C)C. The lowest BCUT2D eigenvalue weighted by molar-refractivity contribution is -0.360. The Morgan fingerprint density at radius 3 is 1.19 bits per heavy atom. The Kier molecular flexibility index (Phi) is 8.73. The Balaban J connectivity index is 4.22. The molecule has 208 valence electrons. The zero-order chi connectivity index (χ0) is 28.9. The standard InChI is InChI=1S/C18H16BrF14N3/c1-7(2)36(8(3)4)35-34-12-10(13(20,21)15(24,25)17(28,29)30)5-9(19)6-11(12)14(22,23)16(26,27)18(31,32)33/h5-8H,1-4H3. The van der Waals surface area contributed by atoms with Gasteiger partial charge in [-0.15, -0.1) is 5.11 Å². The number of hydrogen-bond donors (Lipinski definition) is 0. The van der Waals surface area contributed by atoms with Gasteiger partial charge in [-0.3, -0.25) is 5.01 Å². The number of alkyl halides is 14. The maximum absolute atomic E-state index is 14.5. The van der Waals surface area contributed by atoms with Crippen molar-refractivity contribution < 1.29 is 61.5 Å². The summed E-state index contributed by atoms with van der Waals surface area (Å²) in [6, 6.07) is -2.11. The third-order valence-electron chi connectivity index (χ3n) is 4.56. The average molecular weight is 620 g/mol. The van der Waals surface area contributed by atoms with Crippen molar-refractivity contribution in [1.29, 1.82) is 0 Å². The molecule has 1 rings (SSSR count). The van der Waals surface area contributed by atoms with Crippen LogP contribution in [0, 0.1) is 0 Å². The van der Waals surface area contributed by atoms with Gasteiger partial charge < -0.3 is 0 Å². The van der Waals surface area contributed by atoms with E-state index in [9.17, 15) is 61.5 Å². The number of hydrogen-bond acceptors (Lipinski definition) is 2. The predicted molar refractivity (Wildman–Crippen MR) is 101 cm³/mol. The van der Waals surface area contributed by atoms with E-state index in [1.165, 1.54) is 27.7 Å². The Morgan fingerprint density at radius 2 is 0.944 bits per heavy atom. The van der Waals surface area contributed by atoms with Gasteiger partial charge in [0.15, 0.2) is 0 Å². The van der Waals surface area contributed by atoms with E-state index in [2.05, 4.69) is 26.3 Å². The first kappa shape index (κ1) is 32.1. The zero-order valence-corrected chi connectivity index (χ0v) is 19.9. The molecule has 0 N–H and O–H groups in total. The molecule has 0 aliphatic carbocycles. The van der Waals surface area contributed by atoms with Gasteiger partial charge in [0.05, 0.1) is 11.1 Å². The topological polar surface area (TPSA) is 28.0 Å². The molecule has 3 nitrogen and oxygen atoms in total. The maximum Gasteiger partial charge on any atom is 0.460 e. The van der Waals surface area contributed by atoms with Gasteiger partial charge in [-0.05, 0) is 39.8 Å². The minimum atomic E-state index is -7.01. The van der Waals surface area contributed by atoms with Gasteiger partial charge in [-0.25, -0.2) is 0 Å². The molecular weight excluding hydrogens is 604 g/mol. The highest BCUT2D eigenvalue weighted by Gasteiger charge is 2.76. The fourth-order valence-corrected chi connectivity index (χ4v) is 3.24. The van der Waals surface area contributed by atoms with Crippen LogP contribution < -0.4 is 0 Å². The van der Waals surface area contributed by atoms with Crippen molar-refractivity contribution in [3.05, 3.63) is 27.7 Å². The molecule has 0 fully saturated rings. The van der Waals surface area contributed by atoms with E-state index in [0.717, 1.165) is 5.01 Å². The van der Waals surface area contributed by atoms with Crippen molar-refractivity contribution in [2.45, 2.75) is 75.8 Å². The number of rotatable bonds is 8. The normalized spacial score (nSPS) is 14.9. The largest absolute Gasteiger partial charge is 0.460 e. The smallest absolute Gasteiger partial charge is 0.273 e. The Bertz CT molecular complexity index is 900. The highest BCUT2D eigenvalue weighted by molar-refractivity contribution is 9.10. The molecule has 0 bridgehead atoms. The number of nitrogens with zero attached hydrogens (tertiary/aromatic N) is 3. The summed E-state index contributed by atoms with van der Waals surface area (Å²) in [5, 5.41) is 6.77. The molecule has 0 aliphatic heterocycles. The molecule has 0 aliphatic rings. The Morgan fingerprint density at radius 1 is 0.639 bits per heavy atom. The second-order valence-electron chi connectivity index (χ2n) is 7.90. The van der Waals surface area contributed by atoms with Crippen molar-refractivity contribution in [3.8, 4) is 0 Å². The van der Waals surface area contributed by atoms with E-state index in [1.54, 1.807) is 0 Å². The lowest BCUT2D eigenvalue weighted by atomic mass is 9.92. The van der Waals surface area contributed by atoms with E-state index in [4.69, 9.17) is 0 Å². The molecule has 0 saturated carbocycles. The van der Waals surface area contributed by atoms with Gasteiger partial charge in [-0.1, -0.05) is 21.2 Å². The van der Waals surface area contributed by atoms with Crippen LogP contribution in [-0.4, -0.2) is 41.3 Å². The predicted octanol–water partition coefficient (Wildman–Crippen LogP) is 9.15. The highest BCUT2D eigenvalue weighted by atomic mass is 79.9. The monoisotopic (exact) mass is 619 g/mol. The number of halogens is 15. The average Bonchev–Trinajstić information content (AvgIpc) is 2.65. The van der Waals surface area contributed by atoms with Crippen molar-refractivity contribution >= 4 is 21.6 Å². The van der Waals surface area contributed by atoms with E-state index >= 15 is 0 Å². The van der Waals surface area contributed by atoms with Gasteiger partial charge in [0.1, 0.15) is 5.69 Å². The molecule has 0 spiro atoms. The summed E-state index contributed by atoms with van der Waals surface area (Å²) in [4.78, 5) is 0. The lowest BCUT2D eigenvalue weighted by Gasteiger charge is -2.33. The molecule has 1 aromatic carbocycles. The van der Waals surface area contributed by atoms with Crippen molar-refractivity contribution in [3.63, 3.8) is 0 Å². The van der Waals surface area contributed by atoms with Crippen LogP contribution in [0.4, 0.5) is 67.2 Å². The van der Waals surface area contributed by atoms with E-state index < -0.39 is 69.4 Å². The van der Waals surface area contributed by atoms with E-state index in [0.29, 0.717) is 0 Å². The highest BCUT2D eigenvalue weighted by Crippen LogP contribution is 2.59. The summed E-state index contributed by atoms with van der Waals surface area (Å²) >= 11 is 2.19. The number of benzene rings is 1. The minimum absolute atomic E-state index is 0.297. The Labute approximate surface area is 202 Å². The molecule has 0 unspecified atom stereocenters. The lowest BCUT2D eigenvalue weighted by Crippen LogP contribution is -2.51. The summed E-state index contributed by atoms with van der Waals surface area (Å²) in [5.41, 5.74) is -7.90. The van der Waals surface area contributed by atoms with E-state index in [1.807, 2.05) is 0 Å². The van der Waals surface area contributed by atoms with Crippen LogP contribution in [0.5, 0.6) is 0 Å². The molecule has 0 heterocycles. The quantitative estimate of drug-likeness (QED) is 0.162. The van der Waals surface area contributed by atoms with Crippen LogP contribution in [0.15, 0.2) is 26.9 Å². The van der Waals surface area contributed by atoms with Gasteiger partial charge in [0, 0.05) is 16.6 Å². The first-order valence-corrected chi connectivity index (χ1v) is 10.2. The van der Waals surface area contributed by atoms with Crippen LogP contribution in [-0.2, 0) is 11.8 Å². The second-order valence-corrected chi connectivity index (χ2v) is 8.82. The van der Waals surface area contributed by atoms with Crippen molar-refractivity contribution in [1.82, 2.24) is 5.01 Å². The molecule has 0 amide bonds. The fourth-order valence-electron chi connectivity index (χ4n) is 2.78. The first-order chi connectivity index (χ1) is 15.7. The molecule has 36 heavy (non-hydrogen) atoms. The third kappa shape index (κ3) is 5.51. The van der Waals surface area contributed by atoms with Crippen molar-refractivity contribution in [2.75, 3.05) is 0 Å². The molecule has 0 atom stereocenters. The zero-order valence-electron chi connectivity index (χ0n) is 18.3. The van der Waals surface area contributed by atoms with Crippen molar-refractivity contribution in [2.24, 2.45) is 10.3 Å². The summed E-state index contributed by atoms with van der Waals surface area (Å²) in [6.07, 6.45) is -14.0. The van der Waals surface area contributed by atoms with Gasteiger partial charge in [0.2, 0.25) is 0 Å². The summed E-state index contributed by atoms with van der Waals surface area (Å²) in [7, 11) is 0. The summed E-state index contributed by atoms with van der Waals surface area (Å²) < 4.78 is 188. The molecule has 0 saturated heterocycles. The molecule has 0 aromatic heterocycles. The van der Waals surface area contributed by atoms with Crippen LogP contribution in [0.3, 0.4) is 0 Å². The molecular formula is C18H16BrF14N3.